The average Bonchev–Trinajstić information content (AvgIpc) is 2.90. The van der Waals surface area contributed by atoms with Crippen LogP contribution in [0.1, 0.15) is 15.2 Å². The van der Waals surface area contributed by atoms with Crippen molar-refractivity contribution < 1.29 is 14.3 Å². The van der Waals surface area contributed by atoms with Crippen LogP contribution in [0.3, 0.4) is 0 Å². The van der Waals surface area contributed by atoms with E-state index in [1.165, 1.54) is 11.3 Å². The second kappa shape index (κ2) is 6.38. The molecule has 0 N–H and O–H groups in total. The van der Waals surface area contributed by atoms with E-state index in [0.717, 1.165) is 21.4 Å². The van der Waals surface area contributed by atoms with Gasteiger partial charge in [-0.2, -0.15) is 0 Å². The number of rotatable bonds is 4. The molecule has 0 amide bonds. The van der Waals surface area contributed by atoms with Gasteiger partial charge in [-0.25, -0.2) is 4.79 Å². The zero-order chi connectivity index (χ0) is 15.5. The van der Waals surface area contributed by atoms with Crippen molar-refractivity contribution in [3.63, 3.8) is 0 Å². The molecule has 3 nitrogen and oxygen atoms in total. The number of halogens is 1. The predicted molar refractivity (Wildman–Crippen MR) is 88.9 cm³/mol. The maximum absolute atomic E-state index is 12.2. The number of esters is 1. The number of carbonyl (C=O) groups is 1. The third-order valence-electron chi connectivity index (χ3n) is 3.25. The van der Waals surface area contributed by atoms with E-state index in [1.807, 2.05) is 48.5 Å². The average molecular weight is 333 g/mol. The molecular weight excluding hydrogens is 320 g/mol. The molecule has 1 aromatic heterocycles. The van der Waals surface area contributed by atoms with Crippen LogP contribution in [0.5, 0.6) is 5.75 Å². The number of hydrogen-bond acceptors (Lipinski definition) is 4. The number of carbonyl (C=O) groups excluding carboxylic acids is 1. The Labute approximate surface area is 137 Å². The molecule has 0 aliphatic carbocycles. The van der Waals surface area contributed by atoms with Gasteiger partial charge in [-0.05, 0) is 23.8 Å². The van der Waals surface area contributed by atoms with Crippen molar-refractivity contribution in [1.29, 1.82) is 0 Å². The van der Waals surface area contributed by atoms with Crippen LogP contribution in [0.4, 0.5) is 0 Å². The van der Waals surface area contributed by atoms with Gasteiger partial charge in [-0.1, -0.05) is 41.9 Å². The predicted octanol–water partition coefficient (Wildman–Crippen LogP) is 4.92. The SMILES string of the molecule is COc1ccc(COC(=O)c2sc3ccccc3c2Cl)cc1. The lowest BCUT2D eigenvalue weighted by Crippen LogP contribution is -2.03. The lowest BCUT2D eigenvalue weighted by Gasteiger charge is -2.05. The van der Waals surface area contributed by atoms with Crippen molar-refractivity contribution in [2.75, 3.05) is 7.11 Å². The molecule has 0 bridgehead atoms. The minimum absolute atomic E-state index is 0.202. The summed E-state index contributed by atoms with van der Waals surface area (Å²) in [5.41, 5.74) is 0.895. The first-order chi connectivity index (χ1) is 10.7. The highest BCUT2D eigenvalue weighted by Crippen LogP contribution is 2.35. The highest BCUT2D eigenvalue weighted by Gasteiger charge is 2.18. The zero-order valence-corrected chi connectivity index (χ0v) is 13.4. The van der Waals surface area contributed by atoms with Crippen LogP contribution in [0.25, 0.3) is 10.1 Å². The van der Waals surface area contributed by atoms with Crippen molar-refractivity contribution in [2.24, 2.45) is 0 Å². The summed E-state index contributed by atoms with van der Waals surface area (Å²) in [4.78, 5) is 12.7. The molecule has 0 radical (unpaired) electrons. The van der Waals surface area contributed by atoms with E-state index in [0.29, 0.717) is 9.90 Å². The standard InChI is InChI=1S/C17H13ClO3S/c1-20-12-8-6-11(7-9-12)10-21-17(19)16-15(18)13-4-2-3-5-14(13)22-16/h2-9H,10H2,1H3. The van der Waals surface area contributed by atoms with Gasteiger partial charge in [0.1, 0.15) is 17.2 Å². The van der Waals surface area contributed by atoms with Crippen LogP contribution in [0.2, 0.25) is 5.02 Å². The van der Waals surface area contributed by atoms with Gasteiger partial charge in [0.2, 0.25) is 0 Å². The fourth-order valence-corrected chi connectivity index (χ4v) is 3.48. The third kappa shape index (κ3) is 2.93. The Hall–Kier alpha value is -2.04. The Morgan fingerprint density at radius 1 is 1.14 bits per heavy atom. The van der Waals surface area contributed by atoms with Gasteiger partial charge in [0.05, 0.1) is 12.1 Å². The molecule has 0 atom stereocenters. The summed E-state index contributed by atoms with van der Waals surface area (Å²) in [6.45, 7) is 0.202. The highest BCUT2D eigenvalue weighted by atomic mass is 35.5. The Kier molecular flexibility index (Phi) is 4.32. The fourth-order valence-electron chi connectivity index (χ4n) is 2.08. The lowest BCUT2D eigenvalue weighted by molar-refractivity contribution is 0.0479. The molecule has 0 unspecified atom stereocenters. The number of fused-ring (bicyclic) bond motifs is 1. The number of benzene rings is 2. The molecule has 1 heterocycles. The molecule has 0 aliphatic rings. The zero-order valence-electron chi connectivity index (χ0n) is 11.8. The van der Waals surface area contributed by atoms with Gasteiger partial charge in [0, 0.05) is 10.1 Å². The minimum atomic E-state index is -0.401. The molecule has 0 fully saturated rings. The van der Waals surface area contributed by atoms with Gasteiger partial charge >= 0.3 is 5.97 Å². The van der Waals surface area contributed by atoms with Gasteiger partial charge in [-0.15, -0.1) is 11.3 Å². The molecule has 112 valence electrons. The van der Waals surface area contributed by atoms with Gasteiger partial charge < -0.3 is 9.47 Å². The Bertz CT molecular complexity index is 808. The van der Waals surface area contributed by atoms with Crippen molar-refractivity contribution in [1.82, 2.24) is 0 Å². The van der Waals surface area contributed by atoms with E-state index in [4.69, 9.17) is 21.1 Å². The van der Waals surface area contributed by atoms with Gasteiger partial charge in [-0.3, -0.25) is 0 Å². The molecule has 5 heteroatoms. The van der Waals surface area contributed by atoms with Crippen molar-refractivity contribution in [2.45, 2.75) is 6.61 Å². The first kappa shape index (κ1) is 14.9. The van der Waals surface area contributed by atoms with E-state index in [-0.39, 0.29) is 6.61 Å². The van der Waals surface area contributed by atoms with Crippen molar-refractivity contribution in [3.05, 3.63) is 64.0 Å². The number of thiophene rings is 1. The largest absolute Gasteiger partial charge is 0.497 e. The van der Waals surface area contributed by atoms with Gasteiger partial charge in [0.25, 0.3) is 0 Å². The molecule has 0 saturated heterocycles. The van der Waals surface area contributed by atoms with Crippen LogP contribution in [-0.4, -0.2) is 13.1 Å². The Morgan fingerprint density at radius 3 is 2.55 bits per heavy atom. The van der Waals surface area contributed by atoms with Crippen molar-refractivity contribution in [3.8, 4) is 5.75 Å². The minimum Gasteiger partial charge on any atom is -0.497 e. The fraction of sp³-hybridized carbons (Fsp3) is 0.118. The molecular formula is C17H13ClO3S. The van der Waals surface area contributed by atoms with Crippen LogP contribution >= 0.6 is 22.9 Å². The first-order valence-electron chi connectivity index (χ1n) is 6.66. The molecule has 2 aromatic carbocycles. The summed E-state index contributed by atoms with van der Waals surface area (Å²) >= 11 is 7.61. The summed E-state index contributed by atoms with van der Waals surface area (Å²) in [5, 5.41) is 1.34. The van der Waals surface area contributed by atoms with E-state index in [2.05, 4.69) is 0 Å². The third-order valence-corrected chi connectivity index (χ3v) is 4.90. The molecule has 3 rings (SSSR count). The van der Waals surface area contributed by atoms with Crippen molar-refractivity contribution >= 4 is 39.0 Å². The second-order valence-corrected chi connectivity index (χ2v) is 6.10. The molecule has 22 heavy (non-hydrogen) atoms. The first-order valence-corrected chi connectivity index (χ1v) is 7.85. The van der Waals surface area contributed by atoms with Crippen LogP contribution in [-0.2, 0) is 11.3 Å². The smallest absolute Gasteiger partial charge is 0.350 e. The van der Waals surface area contributed by atoms with Crippen LogP contribution < -0.4 is 4.74 Å². The van der Waals surface area contributed by atoms with E-state index in [9.17, 15) is 4.79 Å². The number of methoxy groups -OCH3 is 1. The van der Waals surface area contributed by atoms with Crippen LogP contribution in [0, 0.1) is 0 Å². The topological polar surface area (TPSA) is 35.5 Å². The number of hydrogen-bond donors (Lipinski definition) is 0. The van der Waals surface area contributed by atoms with Gasteiger partial charge in [0.15, 0.2) is 0 Å². The Balaban J connectivity index is 1.74. The van der Waals surface area contributed by atoms with E-state index < -0.39 is 5.97 Å². The molecule has 0 aliphatic heterocycles. The second-order valence-electron chi connectivity index (χ2n) is 4.67. The quantitative estimate of drug-likeness (QED) is 0.636. The summed E-state index contributed by atoms with van der Waals surface area (Å²) < 4.78 is 11.4. The molecule has 0 spiro atoms. The maximum atomic E-state index is 12.2. The monoisotopic (exact) mass is 332 g/mol. The van der Waals surface area contributed by atoms with E-state index >= 15 is 0 Å². The Morgan fingerprint density at radius 2 is 1.86 bits per heavy atom. The summed E-state index contributed by atoms with van der Waals surface area (Å²) in [5.74, 6) is 0.365. The van der Waals surface area contributed by atoms with E-state index in [1.54, 1.807) is 7.11 Å². The summed E-state index contributed by atoms with van der Waals surface area (Å²) in [6.07, 6.45) is 0. The van der Waals surface area contributed by atoms with Crippen LogP contribution in [0.15, 0.2) is 48.5 Å². The number of ether oxygens (including phenoxy) is 2. The molecule has 0 saturated carbocycles. The molecule has 3 aromatic rings. The maximum Gasteiger partial charge on any atom is 0.350 e. The summed E-state index contributed by atoms with van der Waals surface area (Å²) in [7, 11) is 1.61. The highest BCUT2D eigenvalue weighted by molar-refractivity contribution is 7.21. The lowest BCUT2D eigenvalue weighted by atomic mass is 10.2. The summed E-state index contributed by atoms with van der Waals surface area (Å²) in [6, 6.07) is 15.0. The normalized spacial score (nSPS) is 10.6.